The molecule has 0 aromatic heterocycles. The normalized spacial score (nSPS) is 33.4. The fourth-order valence-corrected chi connectivity index (χ4v) is 4.25. The lowest BCUT2D eigenvalue weighted by Crippen LogP contribution is -2.63. The molecule has 2 aliphatic rings. The molecule has 1 saturated heterocycles. The molecule has 20 nitrogen and oxygen atoms in total. The first-order valence-corrected chi connectivity index (χ1v) is 11.2. The molecule has 1 heterocycles. The minimum Gasteiger partial charge on any atom is -0.458 e. The highest BCUT2D eigenvalue weighted by molar-refractivity contribution is 5.67. The van der Waals surface area contributed by atoms with E-state index in [2.05, 4.69) is 40.1 Å². The van der Waals surface area contributed by atoms with Crippen molar-refractivity contribution in [2.24, 2.45) is 20.5 Å². The van der Waals surface area contributed by atoms with Crippen molar-refractivity contribution in [3.05, 3.63) is 41.8 Å². The Hall–Kier alpha value is -4.50. The number of carbonyl (C=O) groups is 3. The van der Waals surface area contributed by atoms with Gasteiger partial charge in [0, 0.05) is 40.4 Å². The van der Waals surface area contributed by atoms with E-state index in [1.165, 1.54) is 0 Å². The van der Waals surface area contributed by atoms with Gasteiger partial charge in [-0.1, -0.05) is 20.5 Å². The molecule has 0 radical (unpaired) electrons. The maximum absolute atomic E-state index is 15.6. The fraction of sp³-hybridized carbons (Fsp3) is 0.833. The Bertz CT molecular complexity index is 1130. The van der Waals surface area contributed by atoms with Gasteiger partial charge in [0.2, 0.25) is 0 Å². The predicted molar refractivity (Wildman–Crippen MR) is 123 cm³/mol. The molecule has 210 valence electrons. The van der Waals surface area contributed by atoms with E-state index in [9.17, 15) is 14.4 Å². The van der Waals surface area contributed by atoms with Gasteiger partial charge < -0.3 is 23.7 Å². The Morgan fingerprint density at radius 3 is 1.82 bits per heavy atom. The number of ether oxygens (including phenoxy) is 5. The number of alkyl halides is 1. The summed E-state index contributed by atoms with van der Waals surface area (Å²) in [5.41, 5.74) is 35.9. The Labute approximate surface area is 218 Å². The van der Waals surface area contributed by atoms with Crippen LogP contribution in [0.1, 0.15) is 27.2 Å². The van der Waals surface area contributed by atoms with Gasteiger partial charge in [-0.15, -0.1) is 0 Å². The van der Waals surface area contributed by atoms with Crippen molar-refractivity contribution in [1.29, 1.82) is 0 Å². The molecule has 0 amide bonds. The van der Waals surface area contributed by atoms with Crippen LogP contribution in [-0.4, -0.2) is 85.6 Å². The van der Waals surface area contributed by atoms with Crippen molar-refractivity contribution in [1.82, 2.24) is 0 Å². The summed E-state index contributed by atoms with van der Waals surface area (Å²) < 4.78 is 42.6. The molecule has 1 aliphatic carbocycles. The molecule has 2 fully saturated rings. The lowest BCUT2D eigenvalue weighted by Gasteiger charge is -2.46. The van der Waals surface area contributed by atoms with Crippen LogP contribution in [0.4, 0.5) is 4.39 Å². The van der Waals surface area contributed by atoms with Crippen LogP contribution in [0.5, 0.6) is 0 Å². The number of carbonyl (C=O) groups excluding carboxylic acids is 3. The zero-order valence-corrected chi connectivity index (χ0v) is 20.7. The van der Waals surface area contributed by atoms with Gasteiger partial charge in [-0.3, -0.25) is 14.4 Å². The zero-order chi connectivity index (χ0) is 29.1. The van der Waals surface area contributed by atoms with Gasteiger partial charge in [-0.25, -0.2) is 4.39 Å². The number of hydrogen-bond acceptors (Lipinski definition) is 12. The van der Waals surface area contributed by atoms with Crippen molar-refractivity contribution in [2.45, 2.75) is 88.3 Å². The van der Waals surface area contributed by atoms with Crippen molar-refractivity contribution < 1.29 is 42.5 Å². The molecule has 10 atom stereocenters. The van der Waals surface area contributed by atoms with Gasteiger partial charge in [-0.05, 0) is 28.5 Å². The second-order valence-corrected chi connectivity index (χ2v) is 8.20. The quantitative estimate of drug-likeness (QED) is 0.127. The highest BCUT2D eigenvalue weighted by atomic mass is 19.1. The number of rotatable bonds is 10. The molecule has 1 aliphatic heterocycles. The van der Waals surface area contributed by atoms with Crippen LogP contribution in [0.15, 0.2) is 20.5 Å². The molecule has 0 spiro atoms. The van der Waals surface area contributed by atoms with Crippen LogP contribution in [0.3, 0.4) is 0 Å². The van der Waals surface area contributed by atoms with Crippen LogP contribution >= 0.6 is 0 Å². The molecule has 0 bridgehead atoms. The first-order valence-electron chi connectivity index (χ1n) is 11.2. The lowest BCUT2D eigenvalue weighted by atomic mass is 9.84. The van der Waals surface area contributed by atoms with Gasteiger partial charge in [0.05, 0.1) is 18.6 Å². The smallest absolute Gasteiger partial charge is 0.303 e. The summed E-state index contributed by atoms with van der Waals surface area (Å²) in [6.45, 7) is 2.51. The lowest BCUT2D eigenvalue weighted by molar-refractivity contribution is -0.284. The van der Waals surface area contributed by atoms with Gasteiger partial charge in [0.1, 0.15) is 24.4 Å². The van der Waals surface area contributed by atoms with Gasteiger partial charge in [0.15, 0.2) is 24.7 Å². The summed E-state index contributed by atoms with van der Waals surface area (Å²) >= 11 is 0. The number of esters is 3. The first-order chi connectivity index (χ1) is 18.6. The molecular formula is C18H23FN12O8. The summed E-state index contributed by atoms with van der Waals surface area (Å²) in [5.74, 6) is -2.66. The van der Waals surface area contributed by atoms with E-state index in [1.54, 1.807) is 0 Å². The van der Waals surface area contributed by atoms with Gasteiger partial charge >= 0.3 is 17.9 Å². The minimum absolute atomic E-state index is 0.273. The Morgan fingerprint density at radius 2 is 1.31 bits per heavy atom. The second kappa shape index (κ2) is 14.4. The molecule has 39 heavy (non-hydrogen) atoms. The van der Waals surface area contributed by atoms with Crippen molar-refractivity contribution in [3.8, 4) is 0 Å². The summed E-state index contributed by atoms with van der Waals surface area (Å²) in [5, 5.41) is 13.8. The van der Waals surface area contributed by atoms with E-state index < -0.39 is 85.6 Å². The van der Waals surface area contributed by atoms with E-state index in [4.69, 9.17) is 45.8 Å². The SMILES string of the molecule is CC(=O)OC1C(CN=[N+]=[N-])OC(OC2C(N=[N+]=[N-])CC(N=[N+]=[N-])C(OC(C)=O)C2OC(C)=O)C(N=[N+]=[N-])C1F. The number of nitrogens with zero attached hydrogens (tertiary/aromatic N) is 12. The molecule has 0 aromatic rings. The summed E-state index contributed by atoms with van der Waals surface area (Å²) in [6.07, 6.45) is -12.0. The number of hydrogen-bond donors (Lipinski definition) is 0. The molecule has 2 rings (SSSR count). The van der Waals surface area contributed by atoms with E-state index >= 15 is 4.39 Å². The van der Waals surface area contributed by atoms with Gasteiger partial charge in [-0.2, -0.15) is 0 Å². The molecule has 0 aromatic carbocycles. The van der Waals surface area contributed by atoms with Gasteiger partial charge in [0.25, 0.3) is 0 Å². The zero-order valence-electron chi connectivity index (χ0n) is 20.7. The van der Waals surface area contributed by atoms with E-state index in [1.807, 2.05) is 0 Å². The fourth-order valence-electron chi connectivity index (χ4n) is 4.25. The molecular weight excluding hydrogens is 531 g/mol. The first kappa shape index (κ1) is 30.7. The largest absolute Gasteiger partial charge is 0.458 e. The van der Waals surface area contributed by atoms with E-state index in [-0.39, 0.29) is 6.42 Å². The monoisotopic (exact) mass is 554 g/mol. The Balaban J connectivity index is 2.59. The summed E-state index contributed by atoms with van der Waals surface area (Å²) in [6, 6.07) is -4.26. The Morgan fingerprint density at radius 1 is 0.795 bits per heavy atom. The van der Waals surface area contributed by atoms with Crippen LogP contribution in [0.25, 0.3) is 41.8 Å². The van der Waals surface area contributed by atoms with Crippen LogP contribution < -0.4 is 0 Å². The van der Waals surface area contributed by atoms with Crippen LogP contribution in [0.2, 0.25) is 0 Å². The predicted octanol–water partition coefficient (Wildman–Crippen LogP) is 2.98. The third-order valence-corrected chi connectivity index (χ3v) is 5.59. The molecule has 1 saturated carbocycles. The van der Waals surface area contributed by atoms with E-state index in [0.29, 0.717) is 0 Å². The standard InChI is InChI=1S/C18H23FN12O8/c1-6(32)35-14-9(25-29-21)4-10(26-30-22)15(17(14)37-8(3)34)39-18-13(27-31-23)12(19)16(36-7(2)33)11(38-18)5-24-28-20/h9-18H,4-5H2,1-3H3. The number of azide groups is 4. The third-order valence-electron chi connectivity index (χ3n) is 5.59. The van der Waals surface area contributed by atoms with Crippen molar-refractivity contribution in [2.75, 3.05) is 6.54 Å². The maximum atomic E-state index is 15.6. The van der Waals surface area contributed by atoms with E-state index in [0.717, 1.165) is 20.8 Å². The topological polar surface area (TPSA) is 292 Å². The molecule has 10 unspecified atom stereocenters. The molecule has 21 heteroatoms. The Kier molecular flexibility index (Phi) is 11.4. The van der Waals surface area contributed by atoms with Crippen LogP contribution in [-0.2, 0) is 38.1 Å². The summed E-state index contributed by atoms with van der Waals surface area (Å²) in [7, 11) is 0. The maximum Gasteiger partial charge on any atom is 0.303 e. The van der Waals surface area contributed by atoms with Crippen LogP contribution in [0, 0.1) is 0 Å². The highest BCUT2D eigenvalue weighted by Gasteiger charge is 2.54. The third kappa shape index (κ3) is 7.99. The number of halogens is 1. The second-order valence-electron chi connectivity index (χ2n) is 8.20. The summed E-state index contributed by atoms with van der Waals surface area (Å²) in [4.78, 5) is 45.9. The minimum atomic E-state index is -2.24. The highest BCUT2D eigenvalue weighted by Crippen LogP contribution is 2.36. The average Bonchev–Trinajstić information content (AvgIpc) is 2.85. The van der Waals surface area contributed by atoms with Crippen molar-refractivity contribution >= 4 is 17.9 Å². The average molecular weight is 554 g/mol. The van der Waals surface area contributed by atoms with Crippen molar-refractivity contribution in [3.63, 3.8) is 0 Å². The molecule has 0 N–H and O–H groups in total.